The highest BCUT2D eigenvalue weighted by Gasteiger charge is 2.49. The van der Waals surface area contributed by atoms with Crippen molar-refractivity contribution in [1.29, 1.82) is 0 Å². The van der Waals surface area contributed by atoms with Crippen LogP contribution in [0.1, 0.15) is 57.4 Å². The number of amides is 1. The smallest absolute Gasteiger partial charge is 0.319 e. The fraction of sp³-hybridized carbons (Fsp3) is 0.486. The number of aromatic nitrogens is 3. The van der Waals surface area contributed by atoms with Crippen LogP contribution in [-0.4, -0.2) is 80.9 Å². The third kappa shape index (κ3) is 5.21. The molecule has 2 aromatic carbocycles. The first kappa shape index (κ1) is 30.2. The van der Waals surface area contributed by atoms with Gasteiger partial charge in [-0.1, -0.05) is 6.07 Å². The van der Waals surface area contributed by atoms with Crippen molar-refractivity contribution in [2.24, 2.45) is 0 Å². The van der Waals surface area contributed by atoms with Gasteiger partial charge in [-0.05, 0) is 86.5 Å². The normalized spacial score (nSPS) is 26.3. The summed E-state index contributed by atoms with van der Waals surface area (Å²) >= 11 is 0. The molecule has 246 valence electrons. The van der Waals surface area contributed by atoms with E-state index in [0.717, 1.165) is 32.2 Å². The molecule has 3 fully saturated rings. The summed E-state index contributed by atoms with van der Waals surface area (Å²) in [6, 6.07) is 5.72. The molecule has 6 bridgehead atoms. The van der Waals surface area contributed by atoms with Gasteiger partial charge < -0.3 is 20.1 Å². The molecule has 7 heterocycles. The number of phenols is 1. The molecule has 9 nitrogen and oxygen atoms in total. The number of aromatic hydroxyl groups is 1. The number of rotatable bonds is 3. The number of hydrogen-bond donors (Lipinski definition) is 2. The van der Waals surface area contributed by atoms with Crippen LogP contribution in [0.15, 0.2) is 30.5 Å². The first-order valence-corrected chi connectivity index (χ1v) is 16.5. The zero-order valence-electron chi connectivity index (χ0n) is 26.3. The second-order valence-electron chi connectivity index (χ2n) is 14.0. The summed E-state index contributed by atoms with van der Waals surface area (Å²) in [5.41, 5.74) is -0.616. The Bertz CT molecular complexity index is 1930. The molecule has 1 unspecified atom stereocenters. The Labute approximate surface area is 270 Å². The Morgan fingerprint density at radius 2 is 1.96 bits per heavy atom. The number of pyridine rings is 1. The van der Waals surface area contributed by atoms with Gasteiger partial charge in [-0.15, -0.1) is 0 Å². The number of fused-ring (bicyclic) bond motifs is 6. The lowest BCUT2D eigenvalue weighted by Crippen LogP contribution is -2.57. The van der Waals surface area contributed by atoms with Gasteiger partial charge in [-0.3, -0.25) is 14.7 Å². The molecule has 2 aromatic heterocycles. The predicted molar refractivity (Wildman–Crippen MR) is 171 cm³/mol. The number of nitrogens with zero attached hydrogens (tertiary/aromatic N) is 5. The molecule has 4 aromatic rings. The minimum atomic E-state index is -0.932. The van der Waals surface area contributed by atoms with Crippen LogP contribution in [0.2, 0.25) is 0 Å². The number of nitrogens with one attached hydrogen (secondary N) is 1. The van der Waals surface area contributed by atoms with Crippen LogP contribution in [0.4, 0.5) is 19.0 Å². The molecule has 5 aliphatic heterocycles. The van der Waals surface area contributed by atoms with Gasteiger partial charge in [0.1, 0.15) is 41.4 Å². The van der Waals surface area contributed by atoms with Crippen molar-refractivity contribution in [3.8, 4) is 23.0 Å². The van der Waals surface area contributed by atoms with Gasteiger partial charge >= 0.3 is 6.01 Å². The molecular weight excluding hydrogens is 609 g/mol. The first-order chi connectivity index (χ1) is 22.6. The van der Waals surface area contributed by atoms with Crippen molar-refractivity contribution in [3.63, 3.8) is 0 Å². The average molecular weight is 647 g/mol. The quantitative estimate of drug-likeness (QED) is 0.297. The fourth-order valence-electron chi connectivity index (χ4n) is 8.44. The molecule has 5 aliphatic rings. The third-order valence-corrected chi connectivity index (χ3v) is 10.6. The van der Waals surface area contributed by atoms with Crippen molar-refractivity contribution in [2.45, 2.75) is 75.5 Å². The van der Waals surface area contributed by atoms with Crippen LogP contribution >= 0.6 is 0 Å². The molecule has 3 atom stereocenters. The second-order valence-corrected chi connectivity index (χ2v) is 14.0. The van der Waals surface area contributed by atoms with Crippen molar-refractivity contribution in [2.75, 3.05) is 37.7 Å². The standard InChI is InChI=1S/C35H37F3N6O3/c1-34-9-3-11-43(18-34)32-25-16-39-30(24-14-22(45)13-20-7-8-26(37)23(28(20)24)5-2-6-27(46)42-34)29(38)31(25)40-33(41-32)47-19-35-10-4-12-44(35)17-21(36)15-35/h7-8,13-14,16,21,45H,2-6,9-12,15,17-19H2,1H3,(H,42,46)/t21-,34?,35+/m1/s1. The number of benzene rings is 2. The monoisotopic (exact) mass is 646 g/mol. The number of phenolic OH excluding ortho intramolecular Hbond substituents is 1. The maximum Gasteiger partial charge on any atom is 0.319 e. The number of carbonyl (C=O) groups is 1. The average Bonchev–Trinajstić information content (AvgIpc) is 3.56. The molecule has 3 saturated heterocycles. The number of anilines is 1. The van der Waals surface area contributed by atoms with Gasteiger partial charge in [0.2, 0.25) is 5.91 Å². The number of carbonyl (C=O) groups excluding carboxylic acids is 1. The molecule has 1 amide bonds. The summed E-state index contributed by atoms with van der Waals surface area (Å²) in [7, 11) is 0. The largest absolute Gasteiger partial charge is 0.508 e. The maximum atomic E-state index is 16.9. The molecule has 9 rings (SSSR count). The lowest BCUT2D eigenvalue weighted by Gasteiger charge is -2.42. The molecule has 2 N–H and O–H groups in total. The highest BCUT2D eigenvalue weighted by atomic mass is 19.1. The summed E-state index contributed by atoms with van der Waals surface area (Å²) in [5, 5.41) is 15.2. The molecule has 47 heavy (non-hydrogen) atoms. The van der Waals surface area contributed by atoms with Gasteiger partial charge in [0, 0.05) is 44.2 Å². The molecule has 0 radical (unpaired) electrons. The molecule has 0 saturated carbocycles. The molecular formula is C35H37F3N6O3. The van der Waals surface area contributed by atoms with Crippen LogP contribution in [-0.2, 0) is 11.2 Å². The zero-order chi connectivity index (χ0) is 32.5. The van der Waals surface area contributed by atoms with E-state index in [2.05, 4.69) is 20.2 Å². The first-order valence-electron chi connectivity index (χ1n) is 16.5. The van der Waals surface area contributed by atoms with Crippen LogP contribution < -0.4 is 15.0 Å². The van der Waals surface area contributed by atoms with Crippen LogP contribution in [0, 0.1) is 11.6 Å². The number of ether oxygens (including phenoxy) is 1. The molecule has 0 aliphatic carbocycles. The molecule has 12 heteroatoms. The number of hydrogen-bond acceptors (Lipinski definition) is 8. The van der Waals surface area contributed by atoms with Crippen LogP contribution in [0.5, 0.6) is 11.8 Å². The molecule has 0 spiro atoms. The van der Waals surface area contributed by atoms with Crippen LogP contribution in [0.3, 0.4) is 0 Å². The summed E-state index contributed by atoms with van der Waals surface area (Å²) in [4.78, 5) is 31.3. The van der Waals surface area contributed by atoms with E-state index in [0.29, 0.717) is 60.0 Å². The Morgan fingerprint density at radius 3 is 2.83 bits per heavy atom. The minimum Gasteiger partial charge on any atom is -0.508 e. The van der Waals surface area contributed by atoms with Crippen molar-refractivity contribution in [1.82, 2.24) is 25.2 Å². The van der Waals surface area contributed by atoms with E-state index in [1.54, 1.807) is 6.07 Å². The Morgan fingerprint density at radius 1 is 1.11 bits per heavy atom. The van der Waals surface area contributed by atoms with Gasteiger partial charge in [-0.25, -0.2) is 13.2 Å². The van der Waals surface area contributed by atoms with Crippen LogP contribution in [0.25, 0.3) is 32.9 Å². The zero-order valence-corrected chi connectivity index (χ0v) is 26.3. The van der Waals surface area contributed by atoms with Crippen molar-refractivity contribution < 1.29 is 27.8 Å². The lowest BCUT2D eigenvalue weighted by molar-refractivity contribution is -0.123. The van der Waals surface area contributed by atoms with E-state index in [-0.39, 0.29) is 53.9 Å². The topological polar surface area (TPSA) is 104 Å². The van der Waals surface area contributed by atoms with E-state index < -0.39 is 28.9 Å². The van der Waals surface area contributed by atoms with Gasteiger partial charge in [-0.2, -0.15) is 9.97 Å². The maximum absolute atomic E-state index is 16.9. The number of halogens is 3. The van der Waals surface area contributed by atoms with Gasteiger partial charge in [0.15, 0.2) is 5.82 Å². The SMILES string of the molecule is CC12CCCN(C1)c1nc(OC[C@@]34CCCN3C[C@H](F)C4)nc3c(F)c(ncc13)-c1cc(O)cc3ccc(F)c(c13)CCCC(=O)N2. The highest BCUT2D eigenvalue weighted by Crippen LogP contribution is 2.42. The van der Waals surface area contributed by atoms with Crippen molar-refractivity contribution >= 4 is 33.4 Å². The highest BCUT2D eigenvalue weighted by molar-refractivity contribution is 6.02. The van der Waals surface area contributed by atoms with E-state index >= 15 is 8.78 Å². The van der Waals surface area contributed by atoms with Gasteiger partial charge in [0.25, 0.3) is 0 Å². The predicted octanol–water partition coefficient (Wildman–Crippen LogP) is 5.60. The fourth-order valence-corrected chi connectivity index (χ4v) is 8.44. The van der Waals surface area contributed by atoms with Gasteiger partial charge in [0.05, 0.1) is 16.5 Å². The summed E-state index contributed by atoms with van der Waals surface area (Å²) in [6.07, 6.45) is 4.98. The number of alkyl halides is 1. The third-order valence-electron chi connectivity index (χ3n) is 10.6. The van der Waals surface area contributed by atoms with Crippen molar-refractivity contribution in [3.05, 3.63) is 47.7 Å². The summed E-state index contributed by atoms with van der Waals surface area (Å²) in [6.45, 7) is 4.36. The number of aryl methyl sites for hydroxylation is 1. The Kier molecular flexibility index (Phi) is 7.19. The summed E-state index contributed by atoms with van der Waals surface area (Å²) < 4.78 is 53.2. The lowest BCUT2D eigenvalue weighted by atomic mass is 9.90. The van der Waals surface area contributed by atoms with E-state index in [1.807, 2.05) is 11.8 Å². The second kappa shape index (κ2) is 11.2. The van der Waals surface area contributed by atoms with E-state index in [4.69, 9.17) is 9.72 Å². The Hall–Kier alpha value is -4.19. The Balaban J connectivity index is 1.32. The number of piperidine rings is 1. The van der Waals surface area contributed by atoms with E-state index in [9.17, 15) is 14.3 Å². The summed E-state index contributed by atoms with van der Waals surface area (Å²) in [5.74, 6) is -1.05. The minimum absolute atomic E-state index is 0.0246. The van der Waals surface area contributed by atoms with E-state index in [1.165, 1.54) is 24.4 Å².